The SMILES string of the molecule is CN(C(=O)c1cc(Br)ccc1F)C1CCCCC1CN. The number of hydrogen-bond donors (Lipinski definition) is 1. The summed E-state index contributed by atoms with van der Waals surface area (Å²) in [6.07, 6.45) is 4.24. The topological polar surface area (TPSA) is 46.3 Å². The number of halogens is 2. The van der Waals surface area contributed by atoms with Crippen LogP contribution >= 0.6 is 15.9 Å². The normalized spacial score (nSPS) is 22.6. The van der Waals surface area contributed by atoms with Crippen molar-refractivity contribution in [2.45, 2.75) is 31.7 Å². The zero-order valence-corrected chi connectivity index (χ0v) is 13.2. The molecule has 1 aromatic rings. The molecule has 0 bridgehead atoms. The maximum absolute atomic E-state index is 13.8. The van der Waals surface area contributed by atoms with Crippen LogP contribution in [-0.2, 0) is 0 Å². The molecule has 2 rings (SSSR count). The van der Waals surface area contributed by atoms with E-state index in [1.54, 1.807) is 18.0 Å². The van der Waals surface area contributed by atoms with Crippen molar-refractivity contribution in [3.8, 4) is 0 Å². The summed E-state index contributed by atoms with van der Waals surface area (Å²) in [4.78, 5) is 14.2. The maximum Gasteiger partial charge on any atom is 0.256 e. The first-order valence-corrected chi connectivity index (χ1v) is 7.76. The fourth-order valence-corrected chi connectivity index (χ4v) is 3.34. The molecule has 2 unspecified atom stereocenters. The van der Waals surface area contributed by atoms with Gasteiger partial charge in [-0.1, -0.05) is 28.8 Å². The zero-order valence-electron chi connectivity index (χ0n) is 11.6. The van der Waals surface area contributed by atoms with Crippen LogP contribution in [0, 0.1) is 11.7 Å². The summed E-state index contributed by atoms with van der Waals surface area (Å²) in [5, 5.41) is 0. The van der Waals surface area contributed by atoms with E-state index in [-0.39, 0.29) is 17.5 Å². The minimum Gasteiger partial charge on any atom is -0.338 e. The predicted octanol–water partition coefficient (Wildman–Crippen LogP) is 3.18. The van der Waals surface area contributed by atoms with E-state index in [1.165, 1.54) is 12.1 Å². The van der Waals surface area contributed by atoms with Crippen molar-refractivity contribution in [3.05, 3.63) is 34.1 Å². The minimum atomic E-state index is -0.481. The molecule has 2 atom stereocenters. The summed E-state index contributed by atoms with van der Waals surface area (Å²) in [5.74, 6) is -0.438. The molecule has 0 heterocycles. The zero-order chi connectivity index (χ0) is 14.7. The third kappa shape index (κ3) is 3.20. The smallest absolute Gasteiger partial charge is 0.256 e. The molecule has 0 spiro atoms. The highest BCUT2D eigenvalue weighted by Gasteiger charge is 2.31. The number of carbonyl (C=O) groups excluding carboxylic acids is 1. The van der Waals surface area contributed by atoms with Gasteiger partial charge < -0.3 is 10.6 Å². The molecule has 0 saturated heterocycles. The molecule has 1 saturated carbocycles. The van der Waals surface area contributed by atoms with Gasteiger partial charge in [-0.15, -0.1) is 0 Å². The predicted molar refractivity (Wildman–Crippen MR) is 81.0 cm³/mol. The molecule has 0 radical (unpaired) electrons. The summed E-state index contributed by atoms with van der Waals surface area (Å²) in [6.45, 7) is 0.573. The van der Waals surface area contributed by atoms with Crippen LogP contribution in [0.3, 0.4) is 0 Å². The number of hydrogen-bond acceptors (Lipinski definition) is 2. The Labute approximate surface area is 127 Å². The van der Waals surface area contributed by atoms with Crippen molar-refractivity contribution in [2.75, 3.05) is 13.6 Å². The summed E-state index contributed by atoms with van der Waals surface area (Å²) in [6, 6.07) is 4.55. The lowest BCUT2D eigenvalue weighted by atomic mass is 9.83. The van der Waals surface area contributed by atoms with Gasteiger partial charge in [-0.05, 0) is 43.5 Å². The number of amides is 1. The molecule has 1 amide bonds. The van der Waals surface area contributed by atoms with Crippen molar-refractivity contribution < 1.29 is 9.18 Å². The fourth-order valence-electron chi connectivity index (χ4n) is 2.97. The highest BCUT2D eigenvalue weighted by atomic mass is 79.9. The fraction of sp³-hybridized carbons (Fsp3) is 0.533. The van der Waals surface area contributed by atoms with Gasteiger partial charge >= 0.3 is 0 Å². The van der Waals surface area contributed by atoms with Gasteiger partial charge in [0.15, 0.2) is 0 Å². The van der Waals surface area contributed by atoms with Gasteiger partial charge in [0.05, 0.1) is 5.56 Å². The van der Waals surface area contributed by atoms with Crippen molar-refractivity contribution >= 4 is 21.8 Å². The third-order valence-corrected chi connectivity index (χ3v) is 4.64. The molecule has 0 aliphatic heterocycles. The van der Waals surface area contributed by atoms with Crippen LogP contribution in [0.15, 0.2) is 22.7 Å². The molecule has 3 nitrogen and oxygen atoms in total. The molecule has 1 aromatic carbocycles. The van der Waals surface area contributed by atoms with Crippen LogP contribution in [-0.4, -0.2) is 30.4 Å². The molecular weight excluding hydrogens is 323 g/mol. The van der Waals surface area contributed by atoms with E-state index >= 15 is 0 Å². The lowest BCUT2D eigenvalue weighted by Crippen LogP contribution is -2.46. The van der Waals surface area contributed by atoms with Crippen molar-refractivity contribution in [3.63, 3.8) is 0 Å². The van der Waals surface area contributed by atoms with Gasteiger partial charge in [-0.3, -0.25) is 4.79 Å². The molecule has 1 fully saturated rings. The Kier molecular flexibility index (Phi) is 5.16. The molecule has 0 aromatic heterocycles. The molecule has 1 aliphatic rings. The average Bonchev–Trinajstić information content (AvgIpc) is 2.48. The number of rotatable bonds is 3. The second kappa shape index (κ2) is 6.68. The average molecular weight is 343 g/mol. The molecule has 2 N–H and O–H groups in total. The van der Waals surface area contributed by atoms with E-state index in [4.69, 9.17) is 5.73 Å². The summed E-state index contributed by atoms with van der Waals surface area (Å²) >= 11 is 3.28. The lowest BCUT2D eigenvalue weighted by Gasteiger charge is -2.37. The Morgan fingerprint density at radius 2 is 2.15 bits per heavy atom. The highest BCUT2D eigenvalue weighted by Crippen LogP contribution is 2.28. The second-order valence-corrected chi connectivity index (χ2v) is 6.30. The van der Waals surface area contributed by atoms with E-state index in [0.717, 1.165) is 25.7 Å². The van der Waals surface area contributed by atoms with Crippen LogP contribution in [0.2, 0.25) is 0 Å². The Morgan fingerprint density at radius 1 is 1.45 bits per heavy atom. The van der Waals surface area contributed by atoms with E-state index < -0.39 is 5.82 Å². The molecular formula is C15H20BrFN2O. The Morgan fingerprint density at radius 3 is 2.85 bits per heavy atom. The van der Waals surface area contributed by atoms with E-state index in [0.29, 0.717) is 16.9 Å². The Balaban J connectivity index is 2.21. The highest BCUT2D eigenvalue weighted by molar-refractivity contribution is 9.10. The van der Waals surface area contributed by atoms with Crippen LogP contribution in [0.1, 0.15) is 36.0 Å². The lowest BCUT2D eigenvalue weighted by molar-refractivity contribution is 0.0615. The number of nitrogens with zero attached hydrogens (tertiary/aromatic N) is 1. The van der Waals surface area contributed by atoms with E-state index in [9.17, 15) is 9.18 Å². The largest absolute Gasteiger partial charge is 0.338 e. The van der Waals surface area contributed by atoms with Crippen molar-refractivity contribution in [2.24, 2.45) is 11.7 Å². The summed E-state index contributed by atoms with van der Waals surface area (Å²) < 4.78 is 14.5. The Hall–Kier alpha value is -0.940. The minimum absolute atomic E-state index is 0.111. The first kappa shape index (κ1) is 15.4. The summed E-state index contributed by atoms with van der Waals surface area (Å²) in [5.41, 5.74) is 5.92. The van der Waals surface area contributed by atoms with Gasteiger partial charge in [-0.2, -0.15) is 0 Å². The van der Waals surface area contributed by atoms with E-state index in [2.05, 4.69) is 15.9 Å². The molecule has 5 heteroatoms. The molecule has 110 valence electrons. The van der Waals surface area contributed by atoms with Gasteiger partial charge in [0.1, 0.15) is 5.82 Å². The molecule has 1 aliphatic carbocycles. The maximum atomic E-state index is 13.8. The number of nitrogens with two attached hydrogens (primary N) is 1. The number of carbonyl (C=O) groups is 1. The standard InChI is InChI=1S/C15H20BrFN2O/c1-19(14-5-3-2-4-10(14)9-18)15(20)12-8-11(16)6-7-13(12)17/h6-8,10,14H,2-5,9,18H2,1H3. The van der Waals surface area contributed by atoms with Gasteiger partial charge in [-0.25, -0.2) is 4.39 Å². The second-order valence-electron chi connectivity index (χ2n) is 5.39. The van der Waals surface area contributed by atoms with Crippen LogP contribution in [0.25, 0.3) is 0 Å². The molecule has 20 heavy (non-hydrogen) atoms. The van der Waals surface area contributed by atoms with Gasteiger partial charge in [0, 0.05) is 17.6 Å². The van der Waals surface area contributed by atoms with Gasteiger partial charge in [0.2, 0.25) is 0 Å². The van der Waals surface area contributed by atoms with Crippen molar-refractivity contribution in [1.29, 1.82) is 0 Å². The van der Waals surface area contributed by atoms with Crippen molar-refractivity contribution in [1.82, 2.24) is 4.90 Å². The summed E-state index contributed by atoms with van der Waals surface area (Å²) in [7, 11) is 1.75. The Bertz CT molecular complexity index is 495. The van der Waals surface area contributed by atoms with Crippen LogP contribution in [0.4, 0.5) is 4.39 Å². The van der Waals surface area contributed by atoms with Crippen LogP contribution < -0.4 is 5.73 Å². The monoisotopic (exact) mass is 342 g/mol. The number of benzene rings is 1. The quantitative estimate of drug-likeness (QED) is 0.916. The first-order valence-electron chi connectivity index (χ1n) is 6.97. The van der Waals surface area contributed by atoms with E-state index in [1.807, 2.05) is 0 Å². The van der Waals surface area contributed by atoms with Crippen LogP contribution in [0.5, 0.6) is 0 Å². The first-order chi connectivity index (χ1) is 9.54. The van der Waals surface area contributed by atoms with Gasteiger partial charge in [0.25, 0.3) is 5.91 Å². The third-order valence-electron chi connectivity index (χ3n) is 4.15.